The molecular formula is C15H10FN5O2. The minimum Gasteiger partial charge on any atom is -0.284 e. The lowest BCUT2D eigenvalue weighted by Gasteiger charge is -2.04. The van der Waals surface area contributed by atoms with E-state index in [0.29, 0.717) is 34.2 Å². The zero-order valence-corrected chi connectivity index (χ0v) is 11.8. The van der Waals surface area contributed by atoms with Crippen molar-refractivity contribution < 1.29 is 9.31 Å². The van der Waals surface area contributed by atoms with Gasteiger partial charge in [0.2, 0.25) is 17.8 Å². The maximum absolute atomic E-state index is 12.9. The summed E-state index contributed by atoms with van der Waals surface area (Å²) in [5.41, 5.74) is 1.28. The topological polar surface area (TPSA) is 86.2 Å². The van der Waals surface area contributed by atoms with Gasteiger partial charge in [0.1, 0.15) is 0 Å². The van der Waals surface area contributed by atoms with Crippen LogP contribution in [0.25, 0.3) is 29.2 Å². The summed E-state index contributed by atoms with van der Waals surface area (Å²) in [6.45, 7) is 0. The molecule has 4 rings (SSSR count). The van der Waals surface area contributed by atoms with E-state index in [2.05, 4.69) is 15.0 Å². The minimum atomic E-state index is -0.747. The van der Waals surface area contributed by atoms with Crippen LogP contribution < -0.4 is 10.7 Å². The van der Waals surface area contributed by atoms with E-state index < -0.39 is 12.0 Å². The number of fused-ring (bicyclic) bond motifs is 3. The van der Waals surface area contributed by atoms with Crippen LogP contribution in [0.4, 0.5) is 4.39 Å². The van der Waals surface area contributed by atoms with Crippen molar-refractivity contribution in [3.8, 4) is 11.3 Å². The summed E-state index contributed by atoms with van der Waals surface area (Å²) < 4.78 is 14.6. The van der Waals surface area contributed by atoms with Gasteiger partial charge in [-0.3, -0.25) is 14.5 Å². The highest BCUT2D eigenvalue weighted by molar-refractivity contribution is 5.59. The van der Waals surface area contributed by atoms with Gasteiger partial charge in [0, 0.05) is 35.4 Å². The molecule has 0 N–H and O–H groups in total. The lowest BCUT2D eigenvalue weighted by Crippen LogP contribution is -2.35. The van der Waals surface area contributed by atoms with Gasteiger partial charge in [-0.05, 0) is 24.3 Å². The summed E-state index contributed by atoms with van der Waals surface area (Å²) in [7, 11) is 0. The number of nitro groups is 1. The monoisotopic (exact) mass is 311 g/mol. The average Bonchev–Trinajstić information content (AvgIpc) is 2.92. The quantitative estimate of drug-likeness (QED) is 0.392. The van der Waals surface area contributed by atoms with Gasteiger partial charge in [-0.25, -0.2) is 15.0 Å². The Hall–Kier alpha value is -3.16. The number of pyridine rings is 1. The van der Waals surface area contributed by atoms with E-state index in [4.69, 9.17) is 0 Å². The Kier molecular flexibility index (Phi) is 2.90. The van der Waals surface area contributed by atoms with E-state index in [-0.39, 0.29) is 4.92 Å². The van der Waals surface area contributed by atoms with Gasteiger partial charge in [0.05, 0.1) is 16.4 Å². The number of hydrogen-bond acceptors (Lipinski definition) is 5. The Morgan fingerprint density at radius 1 is 1.30 bits per heavy atom. The first-order chi connectivity index (χ1) is 11.1. The van der Waals surface area contributed by atoms with Gasteiger partial charge in [-0.2, -0.15) is 4.39 Å². The number of hydrogen-bond donors (Lipinski definition) is 0. The van der Waals surface area contributed by atoms with Crippen LogP contribution in [0.15, 0.2) is 30.6 Å². The summed E-state index contributed by atoms with van der Waals surface area (Å²) >= 11 is 0. The Morgan fingerprint density at radius 3 is 2.91 bits per heavy atom. The fourth-order valence-electron chi connectivity index (χ4n) is 2.60. The van der Waals surface area contributed by atoms with Gasteiger partial charge >= 0.3 is 0 Å². The Balaban J connectivity index is 1.88. The number of imidazole rings is 1. The van der Waals surface area contributed by atoms with Crippen molar-refractivity contribution in [3.63, 3.8) is 0 Å². The smallest absolute Gasteiger partial charge is 0.237 e. The molecule has 0 aromatic carbocycles. The minimum absolute atomic E-state index is 0.315. The van der Waals surface area contributed by atoms with Gasteiger partial charge < -0.3 is 0 Å². The standard InChI is InChI=1S/C15H10FN5O2/c16-14-4-1-9(8-17-14)11-5-6-20-13-7-10(21(22)23)2-3-12(13)19-15(20)18-11/h1,3-8,10H,2H2. The van der Waals surface area contributed by atoms with Gasteiger partial charge in [0.15, 0.2) is 0 Å². The summed E-state index contributed by atoms with van der Waals surface area (Å²) in [4.78, 5) is 23.1. The molecule has 0 aliphatic heterocycles. The molecule has 3 aromatic heterocycles. The molecule has 1 unspecified atom stereocenters. The largest absolute Gasteiger partial charge is 0.284 e. The Labute approximate surface area is 128 Å². The molecule has 0 amide bonds. The predicted molar refractivity (Wildman–Crippen MR) is 79.8 cm³/mol. The van der Waals surface area contributed by atoms with Crippen molar-refractivity contribution in [2.75, 3.05) is 0 Å². The zero-order valence-electron chi connectivity index (χ0n) is 11.8. The zero-order chi connectivity index (χ0) is 16.0. The highest BCUT2D eigenvalue weighted by Gasteiger charge is 2.20. The van der Waals surface area contributed by atoms with E-state index >= 15 is 0 Å². The number of rotatable bonds is 2. The SMILES string of the molecule is O=[N+]([O-])C1C=c2c(nc3nc(-c4ccc(F)nc4)ccn23)=CC1. The fraction of sp³-hybridized carbons (Fsp3) is 0.133. The number of nitrogens with zero attached hydrogens (tertiary/aromatic N) is 5. The van der Waals surface area contributed by atoms with Gasteiger partial charge in [-0.1, -0.05) is 0 Å². The first-order valence-electron chi connectivity index (χ1n) is 6.94. The van der Waals surface area contributed by atoms with E-state index in [1.54, 1.807) is 34.9 Å². The maximum atomic E-state index is 12.9. The summed E-state index contributed by atoms with van der Waals surface area (Å²) in [5.74, 6) is -0.116. The first kappa shape index (κ1) is 13.5. The number of aromatic nitrogens is 4. The van der Waals surface area contributed by atoms with Crippen molar-refractivity contribution in [2.45, 2.75) is 12.5 Å². The van der Waals surface area contributed by atoms with Crippen LogP contribution in [0.3, 0.4) is 0 Å². The first-order valence-corrected chi connectivity index (χ1v) is 6.94. The van der Waals surface area contributed by atoms with Crippen LogP contribution in [0.1, 0.15) is 6.42 Å². The van der Waals surface area contributed by atoms with Gasteiger partial charge in [0.25, 0.3) is 0 Å². The molecule has 23 heavy (non-hydrogen) atoms. The van der Waals surface area contributed by atoms with E-state index in [9.17, 15) is 14.5 Å². The van der Waals surface area contributed by atoms with Crippen molar-refractivity contribution in [3.05, 3.63) is 57.4 Å². The molecule has 0 bridgehead atoms. The summed E-state index contributed by atoms with van der Waals surface area (Å²) in [6.07, 6.45) is 6.81. The average molecular weight is 311 g/mol. The molecular weight excluding hydrogens is 301 g/mol. The van der Waals surface area contributed by atoms with Crippen LogP contribution in [0, 0.1) is 16.1 Å². The lowest BCUT2D eigenvalue weighted by atomic mass is 10.1. The van der Waals surface area contributed by atoms with Crippen molar-refractivity contribution in [2.24, 2.45) is 0 Å². The highest BCUT2D eigenvalue weighted by Crippen LogP contribution is 2.15. The van der Waals surface area contributed by atoms with Crippen molar-refractivity contribution in [1.29, 1.82) is 0 Å². The van der Waals surface area contributed by atoms with Crippen LogP contribution in [-0.2, 0) is 0 Å². The Bertz CT molecular complexity index is 1040. The molecule has 1 aliphatic rings. The normalized spacial score (nSPS) is 16.5. The summed E-state index contributed by atoms with van der Waals surface area (Å²) in [5, 5.41) is 12.3. The second-order valence-electron chi connectivity index (χ2n) is 5.19. The molecule has 0 saturated carbocycles. The molecule has 7 nitrogen and oxygen atoms in total. The molecule has 3 heterocycles. The third kappa shape index (κ3) is 2.24. The van der Waals surface area contributed by atoms with E-state index in [1.807, 2.05) is 0 Å². The van der Waals surface area contributed by atoms with Crippen molar-refractivity contribution >= 4 is 17.9 Å². The second-order valence-corrected chi connectivity index (χ2v) is 5.19. The van der Waals surface area contributed by atoms with E-state index in [0.717, 1.165) is 0 Å². The third-order valence-corrected chi connectivity index (χ3v) is 3.76. The molecule has 0 spiro atoms. The molecule has 0 radical (unpaired) electrons. The molecule has 0 fully saturated rings. The molecule has 3 aromatic rings. The molecule has 0 saturated heterocycles. The third-order valence-electron chi connectivity index (χ3n) is 3.76. The van der Waals surface area contributed by atoms with Crippen LogP contribution >= 0.6 is 0 Å². The fourth-order valence-corrected chi connectivity index (χ4v) is 2.60. The van der Waals surface area contributed by atoms with Crippen LogP contribution in [0.5, 0.6) is 0 Å². The van der Waals surface area contributed by atoms with Crippen LogP contribution in [-0.4, -0.2) is 30.3 Å². The second kappa shape index (κ2) is 4.94. The van der Waals surface area contributed by atoms with E-state index in [1.165, 1.54) is 12.3 Å². The number of halogens is 1. The molecule has 1 atom stereocenters. The maximum Gasteiger partial charge on any atom is 0.237 e. The van der Waals surface area contributed by atoms with Gasteiger partial charge in [-0.15, -0.1) is 0 Å². The molecule has 114 valence electrons. The highest BCUT2D eigenvalue weighted by atomic mass is 19.1. The predicted octanol–water partition coefficient (Wildman–Crippen LogP) is 0.540. The molecule has 1 aliphatic carbocycles. The van der Waals surface area contributed by atoms with Crippen molar-refractivity contribution in [1.82, 2.24) is 19.4 Å². The van der Waals surface area contributed by atoms with Crippen LogP contribution in [0.2, 0.25) is 0 Å². The Morgan fingerprint density at radius 2 is 2.17 bits per heavy atom. The summed E-state index contributed by atoms with van der Waals surface area (Å²) in [6, 6.07) is 3.85. The molecule has 8 heteroatoms. The lowest BCUT2D eigenvalue weighted by molar-refractivity contribution is -0.503.